The Bertz CT molecular complexity index is 1130. The van der Waals surface area contributed by atoms with Crippen molar-refractivity contribution in [3.63, 3.8) is 0 Å². The van der Waals surface area contributed by atoms with Crippen molar-refractivity contribution < 1.29 is 0 Å². The Labute approximate surface area is 182 Å². The Morgan fingerprint density at radius 2 is 1.29 bits per heavy atom. The zero-order valence-electron chi connectivity index (χ0n) is 17.7. The van der Waals surface area contributed by atoms with Crippen molar-refractivity contribution in [2.45, 2.75) is 12.6 Å². The molecule has 5 nitrogen and oxygen atoms in total. The molecule has 1 fully saturated rings. The molecule has 0 radical (unpaired) electrons. The van der Waals surface area contributed by atoms with Crippen LogP contribution in [0.15, 0.2) is 89.7 Å². The summed E-state index contributed by atoms with van der Waals surface area (Å²) in [6, 6.07) is 29.8. The van der Waals surface area contributed by atoms with E-state index in [0.29, 0.717) is 6.54 Å². The number of benzene rings is 3. The summed E-state index contributed by atoms with van der Waals surface area (Å²) in [4.78, 5) is 20.4. The highest BCUT2D eigenvalue weighted by molar-refractivity contribution is 5.74. The lowest BCUT2D eigenvalue weighted by molar-refractivity contribution is 0.107. The average Bonchev–Trinajstić information content (AvgIpc) is 3.15. The molecule has 0 spiro atoms. The van der Waals surface area contributed by atoms with Gasteiger partial charge in [-0.2, -0.15) is 0 Å². The van der Waals surface area contributed by atoms with Gasteiger partial charge in [0.1, 0.15) is 0 Å². The van der Waals surface area contributed by atoms with Crippen LogP contribution >= 0.6 is 0 Å². The van der Waals surface area contributed by atoms with E-state index in [-0.39, 0.29) is 11.7 Å². The lowest BCUT2D eigenvalue weighted by Gasteiger charge is -2.39. The van der Waals surface area contributed by atoms with Crippen LogP contribution in [0.4, 0.5) is 0 Å². The van der Waals surface area contributed by atoms with E-state index in [1.807, 2.05) is 28.8 Å². The van der Waals surface area contributed by atoms with Crippen LogP contribution in [0.25, 0.3) is 11.0 Å². The molecule has 0 atom stereocenters. The molecule has 0 aliphatic carbocycles. The molecule has 0 bridgehead atoms. The number of nitrogens with zero attached hydrogens (tertiary/aromatic N) is 3. The summed E-state index contributed by atoms with van der Waals surface area (Å²) in [6.07, 6.45) is 0. The summed E-state index contributed by atoms with van der Waals surface area (Å²) in [5.74, 6) is 0. The first-order valence-electron chi connectivity index (χ1n) is 11.0. The fraction of sp³-hybridized carbons (Fsp3) is 0.269. The number of fused-ring (bicyclic) bond motifs is 1. The zero-order chi connectivity index (χ0) is 21.0. The molecule has 4 aromatic rings. The minimum atomic E-state index is -0.0203. The number of hydrogen-bond acceptors (Lipinski definition) is 3. The highest BCUT2D eigenvalue weighted by atomic mass is 16.1. The van der Waals surface area contributed by atoms with Crippen LogP contribution in [0.5, 0.6) is 0 Å². The molecule has 0 saturated carbocycles. The SMILES string of the molecule is O=c1[nH]c2ccccc2n1CCN1CCN(C(c2ccccc2)c2ccccc2)CC1. The van der Waals surface area contributed by atoms with Gasteiger partial charge in [0.15, 0.2) is 0 Å². The van der Waals surface area contributed by atoms with Crippen molar-refractivity contribution >= 4 is 11.0 Å². The van der Waals surface area contributed by atoms with Crippen molar-refractivity contribution in [2.75, 3.05) is 32.7 Å². The molecule has 1 N–H and O–H groups in total. The smallest absolute Gasteiger partial charge is 0.306 e. The second-order valence-electron chi connectivity index (χ2n) is 8.20. The lowest BCUT2D eigenvalue weighted by atomic mass is 9.96. The Kier molecular flexibility index (Phi) is 5.69. The summed E-state index contributed by atoms with van der Waals surface area (Å²) in [7, 11) is 0. The maximum Gasteiger partial charge on any atom is 0.326 e. The molecule has 5 rings (SSSR count). The molecule has 31 heavy (non-hydrogen) atoms. The molecular weight excluding hydrogens is 384 g/mol. The van der Waals surface area contributed by atoms with E-state index in [2.05, 4.69) is 75.4 Å². The van der Waals surface area contributed by atoms with Crippen LogP contribution in [-0.2, 0) is 6.54 Å². The van der Waals surface area contributed by atoms with E-state index in [9.17, 15) is 4.79 Å². The van der Waals surface area contributed by atoms with Gasteiger partial charge in [-0.1, -0.05) is 72.8 Å². The summed E-state index contributed by atoms with van der Waals surface area (Å²) < 4.78 is 1.86. The van der Waals surface area contributed by atoms with Crippen LogP contribution in [0.1, 0.15) is 17.2 Å². The van der Waals surface area contributed by atoms with Crippen molar-refractivity contribution in [2.24, 2.45) is 0 Å². The van der Waals surface area contributed by atoms with Gasteiger partial charge in [-0.05, 0) is 23.3 Å². The van der Waals surface area contributed by atoms with E-state index >= 15 is 0 Å². The number of nitrogens with one attached hydrogen (secondary N) is 1. The summed E-state index contributed by atoms with van der Waals surface area (Å²) in [5, 5.41) is 0. The predicted octanol–water partition coefficient (Wildman–Crippen LogP) is 3.74. The molecule has 1 saturated heterocycles. The van der Waals surface area contributed by atoms with Gasteiger partial charge in [0.2, 0.25) is 0 Å². The van der Waals surface area contributed by atoms with Crippen LogP contribution < -0.4 is 5.69 Å². The van der Waals surface area contributed by atoms with Crippen LogP contribution in [0, 0.1) is 0 Å². The Balaban J connectivity index is 1.27. The molecule has 1 aliphatic heterocycles. The number of aromatic amines is 1. The third-order valence-electron chi connectivity index (χ3n) is 6.32. The first-order chi connectivity index (χ1) is 15.3. The molecule has 0 unspecified atom stereocenters. The van der Waals surface area contributed by atoms with Crippen LogP contribution in [0.3, 0.4) is 0 Å². The molecule has 2 heterocycles. The summed E-state index contributed by atoms with van der Waals surface area (Å²) >= 11 is 0. The van der Waals surface area contributed by atoms with Crippen LogP contribution in [-0.4, -0.2) is 52.1 Å². The fourth-order valence-electron chi connectivity index (χ4n) is 4.70. The van der Waals surface area contributed by atoms with Gasteiger partial charge in [0.25, 0.3) is 0 Å². The van der Waals surface area contributed by atoms with E-state index < -0.39 is 0 Å². The standard InChI is InChI=1S/C26H28N4O/c31-26-27-23-13-7-8-14-24(23)30(26)20-17-28-15-18-29(19-16-28)25(21-9-3-1-4-10-21)22-11-5-2-6-12-22/h1-14,25H,15-20H2,(H,27,31). The topological polar surface area (TPSA) is 44.3 Å². The van der Waals surface area contributed by atoms with Gasteiger partial charge in [0, 0.05) is 39.3 Å². The second-order valence-corrected chi connectivity index (χ2v) is 8.20. The van der Waals surface area contributed by atoms with E-state index in [1.54, 1.807) is 0 Å². The Morgan fingerprint density at radius 3 is 1.94 bits per heavy atom. The number of aromatic nitrogens is 2. The molecule has 0 amide bonds. The first-order valence-corrected chi connectivity index (χ1v) is 11.0. The number of rotatable bonds is 6. The van der Waals surface area contributed by atoms with Gasteiger partial charge in [-0.25, -0.2) is 4.79 Å². The van der Waals surface area contributed by atoms with E-state index in [0.717, 1.165) is 43.8 Å². The van der Waals surface area contributed by atoms with Crippen molar-refractivity contribution in [1.82, 2.24) is 19.4 Å². The van der Waals surface area contributed by atoms with Crippen molar-refractivity contribution in [3.05, 3.63) is 107 Å². The normalized spacial score (nSPS) is 15.6. The Morgan fingerprint density at radius 1 is 0.710 bits per heavy atom. The van der Waals surface area contributed by atoms with Crippen molar-refractivity contribution in [1.29, 1.82) is 0 Å². The molecule has 158 valence electrons. The lowest BCUT2D eigenvalue weighted by Crippen LogP contribution is -2.48. The summed E-state index contributed by atoms with van der Waals surface area (Å²) in [6.45, 7) is 5.63. The minimum Gasteiger partial charge on any atom is -0.306 e. The first kappa shape index (κ1) is 19.8. The van der Waals surface area contributed by atoms with E-state index in [1.165, 1.54) is 11.1 Å². The Hall–Kier alpha value is -3.15. The maximum atomic E-state index is 12.3. The van der Waals surface area contributed by atoms with Gasteiger partial charge >= 0.3 is 5.69 Å². The van der Waals surface area contributed by atoms with Gasteiger partial charge < -0.3 is 4.98 Å². The predicted molar refractivity (Wildman–Crippen MR) is 125 cm³/mol. The average molecular weight is 413 g/mol. The monoisotopic (exact) mass is 412 g/mol. The van der Waals surface area contributed by atoms with E-state index in [4.69, 9.17) is 0 Å². The third-order valence-corrected chi connectivity index (χ3v) is 6.32. The quantitative estimate of drug-likeness (QED) is 0.525. The zero-order valence-corrected chi connectivity index (χ0v) is 17.7. The fourth-order valence-corrected chi connectivity index (χ4v) is 4.70. The highest BCUT2D eigenvalue weighted by Gasteiger charge is 2.26. The number of hydrogen-bond donors (Lipinski definition) is 1. The minimum absolute atomic E-state index is 0.0203. The highest BCUT2D eigenvalue weighted by Crippen LogP contribution is 2.29. The number of imidazole rings is 1. The molecule has 1 aliphatic rings. The third kappa shape index (κ3) is 4.20. The van der Waals surface area contributed by atoms with Gasteiger partial charge in [-0.15, -0.1) is 0 Å². The van der Waals surface area contributed by atoms with Gasteiger partial charge in [0.05, 0.1) is 17.1 Å². The summed E-state index contributed by atoms with van der Waals surface area (Å²) in [5.41, 5.74) is 4.55. The van der Waals surface area contributed by atoms with Gasteiger partial charge in [-0.3, -0.25) is 14.4 Å². The largest absolute Gasteiger partial charge is 0.326 e. The van der Waals surface area contributed by atoms with Crippen LogP contribution in [0.2, 0.25) is 0 Å². The number of H-pyrrole nitrogens is 1. The molecule has 3 aromatic carbocycles. The number of piperazine rings is 1. The molecular formula is C26H28N4O. The number of para-hydroxylation sites is 2. The maximum absolute atomic E-state index is 12.3. The second kappa shape index (κ2) is 8.92. The molecule has 5 heteroatoms. The van der Waals surface area contributed by atoms with Crippen molar-refractivity contribution in [3.8, 4) is 0 Å². The molecule has 1 aromatic heterocycles.